The van der Waals surface area contributed by atoms with Crippen molar-refractivity contribution in [2.75, 3.05) is 29.6 Å². The van der Waals surface area contributed by atoms with Crippen LogP contribution < -0.4 is 11.1 Å². The molecule has 5 heteroatoms. The summed E-state index contributed by atoms with van der Waals surface area (Å²) < 4.78 is 0. The Morgan fingerprint density at radius 2 is 2.11 bits per heavy atom. The first-order chi connectivity index (χ1) is 8.76. The van der Waals surface area contributed by atoms with Crippen molar-refractivity contribution >= 4 is 23.4 Å². The van der Waals surface area contributed by atoms with Crippen molar-refractivity contribution in [1.29, 1.82) is 0 Å². The fourth-order valence-corrected chi connectivity index (χ4v) is 2.20. The molecule has 102 valence electrons. The molecule has 1 rings (SSSR count). The minimum atomic E-state index is 0.554. The fraction of sp³-hybridized carbons (Fsp3) is 0.692. The summed E-state index contributed by atoms with van der Waals surface area (Å²) in [7, 11) is 0. The molecule has 0 spiro atoms. The third-order valence-electron chi connectivity index (χ3n) is 2.60. The number of anilines is 2. The minimum Gasteiger partial charge on any atom is -0.384 e. The summed E-state index contributed by atoms with van der Waals surface area (Å²) in [4.78, 5) is 8.67. The molecular formula is C13H24N4S. The zero-order valence-electron chi connectivity index (χ0n) is 11.4. The molecule has 0 radical (unpaired) electrons. The van der Waals surface area contributed by atoms with Crippen LogP contribution in [0.2, 0.25) is 0 Å². The van der Waals surface area contributed by atoms with Gasteiger partial charge in [0.25, 0.3) is 0 Å². The van der Waals surface area contributed by atoms with E-state index in [2.05, 4.69) is 28.5 Å². The molecule has 0 aliphatic rings. The Morgan fingerprint density at radius 1 is 1.28 bits per heavy atom. The third-order valence-corrected chi connectivity index (χ3v) is 3.29. The van der Waals surface area contributed by atoms with Crippen LogP contribution in [0.15, 0.2) is 6.07 Å². The van der Waals surface area contributed by atoms with Gasteiger partial charge < -0.3 is 11.1 Å². The van der Waals surface area contributed by atoms with Crippen molar-refractivity contribution in [3.63, 3.8) is 0 Å². The lowest BCUT2D eigenvalue weighted by molar-refractivity contribution is 0.746. The van der Waals surface area contributed by atoms with E-state index in [0.717, 1.165) is 31.0 Å². The molecule has 0 fully saturated rings. The van der Waals surface area contributed by atoms with Crippen LogP contribution >= 0.6 is 11.8 Å². The van der Waals surface area contributed by atoms with Crippen molar-refractivity contribution in [1.82, 2.24) is 9.97 Å². The second-order valence-electron chi connectivity index (χ2n) is 4.32. The number of nitrogens with one attached hydrogen (secondary N) is 1. The molecule has 0 aliphatic heterocycles. The number of nitrogens with two attached hydrogens (primary N) is 1. The number of unbranched alkanes of at least 4 members (excludes halogenated alkanes) is 2. The highest BCUT2D eigenvalue weighted by Gasteiger charge is 2.01. The van der Waals surface area contributed by atoms with Gasteiger partial charge in [-0.1, -0.05) is 13.3 Å². The first kappa shape index (κ1) is 15.1. The Hall–Kier alpha value is -0.970. The van der Waals surface area contributed by atoms with E-state index in [9.17, 15) is 0 Å². The lowest BCUT2D eigenvalue weighted by Gasteiger charge is -2.08. The molecule has 0 amide bonds. The number of nitrogen functional groups attached to an aromatic ring is 1. The van der Waals surface area contributed by atoms with E-state index in [1.165, 1.54) is 25.0 Å². The van der Waals surface area contributed by atoms with Gasteiger partial charge in [-0.3, -0.25) is 0 Å². The molecule has 0 aliphatic carbocycles. The number of rotatable bonds is 9. The largest absolute Gasteiger partial charge is 0.384 e. The monoisotopic (exact) mass is 268 g/mol. The summed E-state index contributed by atoms with van der Waals surface area (Å²) in [5.74, 6) is 3.50. The molecule has 0 aromatic carbocycles. The number of aryl methyl sites for hydroxylation is 1. The van der Waals surface area contributed by atoms with Gasteiger partial charge in [0.1, 0.15) is 17.5 Å². The Balaban J connectivity index is 2.32. The first-order valence-electron chi connectivity index (χ1n) is 6.62. The van der Waals surface area contributed by atoms with E-state index in [-0.39, 0.29) is 0 Å². The minimum absolute atomic E-state index is 0.554. The predicted octanol–water partition coefficient (Wildman–Crippen LogP) is 2.96. The molecule has 0 saturated heterocycles. The highest BCUT2D eigenvalue weighted by Crippen LogP contribution is 2.10. The van der Waals surface area contributed by atoms with E-state index in [1.54, 1.807) is 6.07 Å². The fourth-order valence-electron chi connectivity index (χ4n) is 1.71. The summed E-state index contributed by atoms with van der Waals surface area (Å²) >= 11 is 1.91. The summed E-state index contributed by atoms with van der Waals surface area (Å²) in [6, 6.07) is 1.81. The molecule has 4 nitrogen and oxygen atoms in total. The maximum absolute atomic E-state index is 5.77. The quantitative estimate of drug-likeness (QED) is 0.674. The van der Waals surface area contributed by atoms with Crippen LogP contribution in [0, 0.1) is 0 Å². The average Bonchev–Trinajstić information content (AvgIpc) is 2.33. The Morgan fingerprint density at radius 3 is 2.83 bits per heavy atom. The molecule has 0 bridgehead atoms. The highest BCUT2D eigenvalue weighted by molar-refractivity contribution is 7.98. The smallest absolute Gasteiger partial charge is 0.133 e. The van der Waals surface area contributed by atoms with Crippen molar-refractivity contribution in [2.45, 2.75) is 39.0 Å². The second-order valence-corrected chi connectivity index (χ2v) is 5.31. The molecule has 1 aromatic heterocycles. The van der Waals surface area contributed by atoms with E-state index in [1.807, 2.05) is 11.8 Å². The van der Waals surface area contributed by atoms with Gasteiger partial charge in [0.2, 0.25) is 0 Å². The SMILES string of the molecule is CCCc1nc(N)cc(NCCCCCSC)n1. The van der Waals surface area contributed by atoms with Gasteiger partial charge >= 0.3 is 0 Å². The van der Waals surface area contributed by atoms with Crippen LogP contribution in [-0.4, -0.2) is 28.5 Å². The predicted molar refractivity (Wildman–Crippen MR) is 81.2 cm³/mol. The lowest BCUT2D eigenvalue weighted by atomic mass is 10.2. The summed E-state index contributed by atoms with van der Waals surface area (Å²) in [6.45, 7) is 3.07. The van der Waals surface area contributed by atoms with Gasteiger partial charge in [0.15, 0.2) is 0 Å². The number of nitrogens with zero attached hydrogens (tertiary/aromatic N) is 2. The van der Waals surface area contributed by atoms with Crippen LogP contribution in [0.4, 0.5) is 11.6 Å². The molecule has 0 atom stereocenters. The number of thioether (sulfide) groups is 1. The zero-order chi connectivity index (χ0) is 13.2. The second kappa shape index (κ2) is 9.03. The number of hydrogen-bond acceptors (Lipinski definition) is 5. The van der Waals surface area contributed by atoms with Crippen molar-refractivity contribution in [3.05, 3.63) is 11.9 Å². The van der Waals surface area contributed by atoms with Gasteiger partial charge in [-0.15, -0.1) is 0 Å². The van der Waals surface area contributed by atoms with Crippen LogP contribution in [0.3, 0.4) is 0 Å². The van der Waals surface area contributed by atoms with Gasteiger partial charge in [0.05, 0.1) is 0 Å². The van der Waals surface area contributed by atoms with Crippen molar-refractivity contribution in [3.8, 4) is 0 Å². The summed E-state index contributed by atoms with van der Waals surface area (Å²) in [5, 5.41) is 3.32. The molecule has 18 heavy (non-hydrogen) atoms. The molecule has 3 N–H and O–H groups in total. The van der Waals surface area contributed by atoms with Gasteiger partial charge in [-0.2, -0.15) is 11.8 Å². The maximum Gasteiger partial charge on any atom is 0.133 e. The van der Waals surface area contributed by atoms with Crippen molar-refractivity contribution < 1.29 is 0 Å². The normalized spacial score (nSPS) is 10.6. The van der Waals surface area contributed by atoms with E-state index < -0.39 is 0 Å². The lowest BCUT2D eigenvalue weighted by Crippen LogP contribution is -2.07. The van der Waals surface area contributed by atoms with Gasteiger partial charge in [0, 0.05) is 19.0 Å². The standard InChI is InChI=1S/C13H24N4S/c1-3-7-12-16-11(14)10-13(17-12)15-8-5-4-6-9-18-2/h10H,3-9H2,1-2H3,(H3,14,15,16,17). The topological polar surface area (TPSA) is 63.8 Å². The Bertz CT molecular complexity index is 344. The van der Waals surface area contributed by atoms with E-state index in [0.29, 0.717) is 5.82 Å². The average molecular weight is 268 g/mol. The number of hydrogen-bond donors (Lipinski definition) is 2. The van der Waals surface area contributed by atoms with Crippen LogP contribution in [-0.2, 0) is 6.42 Å². The van der Waals surface area contributed by atoms with E-state index >= 15 is 0 Å². The zero-order valence-corrected chi connectivity index (χ0v) is 12.2. The van der Waals surface area contributed by atoms with Crippen molar-refractivity contribution in [2.24, 2.45) is 0 Å². The first-order valence-corrected chi connectivity index (χ1v) is 8.02. The van der Waals surface area contributed by atoms with Crippen LogP contribution in [0.5, 0.6) is 0 Å². The molecule has 1 aromatic rings. The van der Waals surface area contributed by atoms with Crippen LogP contribution in [0.25, 0.3) is 0 Å². The summed E-state index contributed by atoms with van der Waals surface area (Å²) in [5.41, 5.74) is 5.77. The third kappa shape index (κ3) is 6.10. The van der Waals surface area contributed by atoms with Crippen LogP contribution in [0.1, 0.15) is 38.4 Å². The molecule has 0 saturated carbocycles. The highest BCUT2D eigenvalue weighted by atomic mass is 32.2. The Kier molecular flexibility index (Phi) is 7.57. The van der Waals surface area contributed by atoms with Gasteiger partial charge in [-0.25, -0.2) is 9.97 Å². The van der Waals surface area contributed by atoms with E-state index in [4.69, 9.17) is 5.73 Å². The Labute approximate surface area is 114 Å². The molecule has 1 heterocycles. The number of aromatic nitrogens is 2. The van der Waals surface area contributed by atoms with Gasteiger partial charge in [-0.05, 0) is 31.3 Å². The molecule has 0 unspecified atom stereocenters. The molecular weight excluding hydrogens is 244 g/mol. The summed E-state index contributed by atoms with van der Waals surface area (Å²) in [6.07, 6.45) is 7.79. The maximum atomic E-state index is 5.77.